The van der Waals surface area contributed by atoms with Gasteiger partial charge in [0, 0.05) is 31.4 Å². The van der Waals surface area contributed by atoms with Gasteiger partial charge in [0.15, 0.2) is 0 Å². The number of carbonyl (C=O) groups excluding carboxylic acids is 4. The number of esters is 1. The van der Waals surface area contributed by atoms with Crippen LogP contribution in [0.3, 0.4) is 0 Å². The third-order valence-electron chi connectivity index (χ3n) is 10.6. The number of hydrogen-bond donors (Lipinski definition) is 1. The van der Waals surface area contributed by atoms with Crippen molar-refractivity contribution in [3.8, 4) is 0 Å². The Labute approximate surface area is 306 Å². The number of ether oxygens (including phenoxy) is 2. The molecule has 0 aliphatic carbocycles. The van der Waals surface area contributed by atoms with Gasteiger partial charge in [-0.15, -0.1) is 13.2 Å². The van der Waals surface area contributed by atoms with Gasteiger partial charge in [0.2, 0.25) is 17.7 Å². The van der Waals surface area contributed by atoms with E-state index < -0.39 is 53.7 Å². The Morgan fingerprint density at radius 2 is 1.86 bits per heavy atom. The number of benzene rings is 1. The molecule has 11 heteroatoms. The van der Waals surface area contributed by atoms with E-state index >= 15 is 0 Å². The average molecular weight is 759 g/mol. The third-order valence-corrected chi connectivity index (χ3v) is 11.5. The van der Waals surface area contributed by atoms with Gasteiger partial charge in [0.1, 0.15) is 17.7 Å². The van der Waals surface area contributed by atoms with Crippen molar-refractivity contribution in [1.29, 1.82) is 0 Å². The minimum absolute atomic E-state index is 0.108. The largest absolute Gasteiger partial charge is 0.455 e. The van der Waals surface area contributed by atoms with Crippen molar-refractivity contribution in [2.24, 2.45) is 17.8 Å². The zero-order valence-corrected chi connectivity index (χ0v) is 31.9. The molecular formula is C39H56BrN3O7. The van der Waals surface area contributed by atoms with E-state index in [0.717, 1.165) is 19.3 Å². The molecule has 0 saturated carbocycles. The maximum absolute atomic E-state index is 14.8. The van der Waals surface area contributed by atoms with Gasteiger partial charge in [-0.3, -0.25) is 19.2 Å². The van der Waals surface area contributed by atoms with Crippen LogP contribution in [0.2, 0.25) is 0 Å². The molecule has 4 rings (SSSR count). The molecule has 2 bridgehead atoms. The Hall–Kier alpha value is -3.02. The number of alkyl halides is 1. The SMILES string of the molecule is C=CCCC(=O)N(C)[C@@H](C)[C@@H](OC(=O)[C@@H]1[C@H]2O[C@@]3(CC2Br)[C@H](C(=O)N(CC=C)CCCCC)N([C@@H](CO)CC(C)C)C(=O)[C@@H]13)c1ccccc1. The van der Waals surface area contributed by atoms with Crippen LogP contribution in [-0.4, -0.2) is 105 Å². The van der Waals surface area contributed by atoms with Crippen LogP contribution in [-0.2, 0) is 28.7 Å². The fraction of sp³-hybridized carbons (Fsp3) is 0.641. The summed E-state index contributed by atoms with van der Waals surface area (Å²) in [5, 5.41) is 10.7. The van der Waals surface area contributed by atoms with Crippen LogP contribution in [0, 0.1) is 17.8 Å². The van der Waals surface area contributed by atoms with Crippen molar-refractivity contribution in [1.82, 2.24) is 14.7 Å². The van der Waals surface area contributed by atoms with Crippen molar-refractivity contribution in [3.05, 3.63) is 61.2 Å². The van der Waals surface area contributed by atoms with Gasteiger partial charge in [-0.25, -0.2) is 0 Å². The second-order valence-corrected chi connectivity index (χ2v) is 15.7. The summed E-state index contributed by atoms with van der Waals surface area (Å²) in [6.45, 7) is 16.0. The van der Waals surface area contributed by atoms with Crippen LogP contribution >= 0.6 is 15.9 Å². The number of halogens is 1. The second-order valence-electron chi connectivity index (χ2n) is 14.5. The number of rotatable bonds is 19. The number of carbonyl (C=O) groups is 4. The molecule has 3 aliphatic heterocycles. The fourth-order valence-electron chi connectivity index (χ4n) is 8.13. The number of likely N-dealkylation sites (N-methyl/N-ethyl adjacent to an activating group) is 1. The van der Waals surface area contributed by atoms with Gasteiger partial charge >= 0.3 is 5.97 Å². The van der Waals surface area contributed by atoms with Crippen LogP contribution in [0.15, 0.2) is 55.6 Å². The van der Waals surface area contributed by atoms with Gasteiger partial charge in [-0.2, -0.15) is 0 Å². The van der Waals surface area contributed by atoms with Gasteiger partial charge in [-0.1, -0.05) is 92.0 Å². The van der Waals surface area contributed by atoms with Crippen molar-refractivity contribution >= 4 is 39.6 Å². The molecule has 1 N–H and O–H groups in total. The van der Waals surface area contributed by atoms with Gasteiger partial charge in [0.25, 0.3) is 0 Å². The number of aliphatic hydroxyl groups excluding tert-OH is 1. The summed E-state index contributed by atoms with van der Waals surface area (Å²) < 4.78 is 13.1. The van der Waals surface area contributed by atoms with E-state index in [4.69, 9.17) is 9.47 Å². The van der Waals surface area contributed by atoms with Crippen LogP contribution in [0.4, 0.5) is 0 Å². The molecule has 3 amide bonds. The predicted octanol–water partition coefficient (Wildman–Crippen LogP) is 5.44. The van der Waals surface area contributed by atoms with E-state index in [1.165, 1.54) is 4.90 Å². The monoisotopic (exact) mass is 757 g/mol. The van der Waals surface area contributed by atoms with E-state index in [-0.39, 0.29) is 41.5 Å². The highest BCUT2D eigenvalue weighted by Gasteiger charge is 2.77. The molecular weight excluding hydrogens is 702 g/mol. The highest BCUT2D eigenvalue weighted by atomic mass is 79.9. The molecule has 9 atom stereocenters. The lowest BCUT2D eigenvalue weighted by Gasteiger charge is -2.40. The summed E-state index contributed by atoms with van der Waals surface area (Å²) in [5.41, 5.74) is -0.584. The molecule has 10 nitrogen and oxygen atoms in total. The molecule has 3 aliphatic rings. The summed E-state index contributed by atoms with van der Waals surface area (Å²) in [4.78, 5) is 61.6. The number of nitrogens with zero attached hydrogens (tertiary/aromatic N) is 3. The van der Waals surface area contributed by atoms with Crippen molar-refractivity contribution in [3.63, 3.8) is 0 Å². The van der Waals surface area contributed by atoms with Crippen LogP contribution < -0.4 is 0 Å². The number of aliphatic hydroxyl groups is 1. The first kappa shape index (κ1) is 39.8. The zero-order valence-electron chi connectivity index (χ0n) is 30.3. The number of amides is 3. The van der Waals surface area contributed by atoms with E-state index in [1.807, 2.05) is 51.1 Å². The average Bonchev–Trinajstić information content (AvgIpc) is 3.70. The normalized spacial score (nSPS) is 27.1. The molecule has 0 radical (unpaired) electrons. The van der Waals surface area contributed by atoms with Gasteiger partial charge < -0.3 is 29.3 Å². The van der Waals surface area contributed by atoms with Crippen molar-refractivity contribution in [2.45, 2.75) is 113 Å². The summed E-state index contributed by atoms with van der Waals surface area (Å²) in [6, 6.07) is 7.06. The molecule has 1 unspecified atom stereocenters. The molecule has 1 spiro atoms. The fourth-order valence-corrected chi connectivity index (χ4v) is 9.07. The first-order valence-electron chi connectivity index (χ1n) is 18.1. The van der Waals surface area contributed by atoms with Crippen molar-refractivity contribution in [2.75, 3.05) is 26.7 Å². The first-order chi connectivity index (χ1) is 23.9. The van der Waals surface area contributed by atoms with Crippen molar-refractivity contribution < 1.29 is 33.8 Å². The summed E-state index contributed by atoms with van der Waals surface area (Å²) in [7, 11) is 1.69. The Kier molecular flexibility index (Phi) is 13.9. The van der Waals surface area contributed by atoms with Gasteiger partial charge in [-0.05, 0) is 44.1 Å². The van der Waals surface area contributed by atoms with E-state index in [1.54, 1.807) is 29.0 Å². The van der Waals surface area contributed by atoms with Crippen LogP contribution in [0.5, 0.6) is 0 Å². The molecule has 276 valence electrons. The minimum atomic E-state index is -1.30. The maximum atomic E-state index is 14.8. The smallest absolute Gasteiger partial charge is 0.313 e. The molecule has 3 heterocycles. The van der Waals surface area contributed by atoms with Crippen LogP contribution in [0.1, 0.15) is 84.3 Å². The molecule has 1 aromatic carbocycles. The highest BCUT2D eigenvalue weighted by Crippen LogP contribution is 2.61. The molecule has 3 saturated heterocycles. The molecule has 50 heavy (non-hydrogen) atoms. The highest BCUT2D eigenvalue weighted by molar-refractivity contribution is 9.09. The summed E-state index contributed by atoms with van der Waals surface area (Å²) in [6.07, 6.45) is 6.18. The van der Waals surface area contributed by atoms with Crippen LogP contribution in [0.25, 0.3) is 0 Å². The third kappa shape index (κ3) is 7.89. The molecule has 0 aromatic heterocycles. The zero-order chi connectivity index (χ0) is 36.7. The van der Waals surface area contributed by atoms with E-state index in [2.05, 4.69) is 36.0 Å². The number of fused-ring (bicyclic) bond motifs is 1. The minimum Gasteiger partial charge on any atom is -0.455 e. The summed E-state index contributed by atoms with van der Waals surface area (Å²) in [5.74, 6) is -3.22. The Morgan fingerprint density at radius 3 is 2.46 bits per heavy atom. The number of hydrogen-bond acceptors (Lipinski definition) is 7. The Morgan fingerprint density at radius 1 is 1.16 bits per heavy atom. The molecule has 3 fully saturated rings. The molecule has 1 aromatic rings. The van der Waals surface area contributed by atoms with E-state index in [9.17, 15) is 24.3 Å². The topological polar surface area (TPSA) is 117 Å². The quantitative estimate of drug-likeness (QED) is 0.0865. The lowest BCUT2D eigenvalue weighted by Crippen LogP contribution is -2.59. The van der Waals surface area contributed by atoms with Gasteiger partial charge in [0.05, 0.1) is 36.6 Å². The summed E-state index contributed by atoms with van der Waals surface area (Å²) >= 11 is 3.76. The Balaban J connectivity index is 1.75. The first-order valence-corrected chi connectivity index (χ1v) is 19.1. The van der Waals surface area contributed by atoms with E-state index in [0.29, 0.717) is 37.9 Å². The standard InChI is InChI=1S/C39H56BrN3O7/c1-8-11-16-21-42(20-10-3)37(47)35-39-23-29(40)34(50-39)31(32(39)36(46)43(35)28(24-44)22-25(4)5)38(48)49-33(27-17-14-13-15-18-27)26(6)41(7)30(45)19-12-9-2/h9-10,13-15,17-18,25-26,28-29,31-35,44H,2-3,8,11-12,16,19-24H2,1,4-7H3/t26-,28+,29?,31-,32+,33+,34-,35-,39+/m0/s1. The maximum Gasteiger partial charge on any atom is 0.313 e. The Bertz CT molecular complexity index is 1370. The number of unbranched alkanes of at least 4 members (excludes halogenated alkanes) is 2. The second kappa shape index (κ2) is 17.5. The lowest BCUT2D eigenvalue weighted by molar-refractivity contribution is -0.165. The predicted molar refractivity (Wildman–Crippen MR) is 196 cm³/mol. The number of likely N-dealkylation sites (tertiary alicyclic amines) is 1. The lowest BCUT2D eigenvalue weighted by atomic mass is 9.70. The number of allylic oxidation sites excluding steroid dienone is 1.